The Bertz CT molecular complexity index is 1500. The lowest BCUT2D eigenvalue weighted by molar-refractivity contribution is 0.181. The van der Waals surface area contributed by atoms with Crippen molar-refractivity contribution in [1.82, 2.24) is 18.4 Å². The number of rotatable bonds is 10. The van der Waals surface area contributed by atoms with E-state index >= 15 is 0 Å². The Hall–Kier alpha value is -2.80. The lowest BCUT2D eigenvalue weighted by atomic mass is 10.2. The molecule has 0 spiro atoms. The van der Waals surface area contributed by atoms with Crippen molar-refractivity contribution in [2.75, 3.05) is 59.0 Å². The van der Waals surface area contributed by atoms with Gasteiger partial charge in [0, 0.05) is 65.4 Å². The molecule has 0 aliphatic carbocycles. The van der Waals surface area contributed by atoms with Gasteiger partial charge in [-0.2, -0.15) is 8.61 Å². The van der Waals surface area contributed by atoms with Gasteiger partial charge in [-0.25, -0.2) is 16.8 Å². The molecule has 0 aromatic heterocycles. The monoisotopic (exact) mass is 598 g/mol. The molecule has 2 aliphatic rings. The summed E-state index contributed by atoms with van der Waals surface area (Å²) in [5.74, 6) is 0.172. The van der Waals surface area contributed by atoms with Crippen molar-refractivity contribution >= 4 is 20.0 Å². The highest BCUT2D eigenvalue weighted by atomic mass is 32.2. The lowest BCUT2D eigenvalue weighted by Crippen LogP contribution is -2.48. The van der Waals surface area contributed by atoms with Crippen molar-refractivity contribution in [3.05, 3.63) is 90.0 Å². The summed E-state index contributed by atoms with van der Waals surface area (Å²) in [6.07, 6.45) is 0. The maximum Gasteiger partial charge on any atom is 0.246 e. The van der Waals surface area contributed by atoms with Crippen LogP contribution in [0.25, 0.3) is 0 Å². The van der Waals surface area contributed by atoms with Gasteiger partial charge in [-0.3, -0.25) is 9.80 Å². The molecule has 0 amide bonds. The van der Waals surface area contributed by atoms with Gasteiger partial charge < -0.3 is 4.74 Å². The third-order valence-electron chi connectivity index (χ3n) is 7.63. The van der Waals surface area contributed by atoms with E-state index in [0.717, 1.165) is 13.1 Å². The molecule has 9 nitrogen and oxygen atoms in total. The molecule has 2 saturated heterocycles. The number of hydrogen-bond acceptors (Lipinski definition) is 7. The molecule has 2 fully saturated rings. The number of ether oxygens (including phenoxy) is 1. The van der Waals surface area contributed by atoms with Gasteiger partial charge in [0.05, 0.1) is 11.5 Å². The second-order valence-electron chi connectivity index (χ2n) is 10.4. The van der Waals surface area contributed by atoms with Gasteiger partial charge in [0.25, 0.3) is 0 Å². The van der Waals surface area contributed by atoms with E-state index in [-0.39, 0.29) is 22.1 Å². The summed E-state index contributed by atoms with van der Waals surface area (Å²) in [5, 5.41) is 0. The zero-order valence-electron chi connectivity index (χ0n) is 23.4. The molecule has 41 heavy (non-hydrogen) atoms. The molecule has 0 atom stereocenters. The van der Waals surface area contributed by atoms with Crippen LogP contribution < -0.4 is 4.74 Å². The van der Waals surface area contributed by atoms with Crippen molar-refractivity contribution in [2.45, 2.75) is 29.8 Å². The third kappa shape index (κ3) is 6.99. The molecule has 0 unspecified atom stereocenters. The highest BCUT2D eigenvalue weighted by Crippen LogP contribution is 2.32. The molecule has 0 saturated carbocycles. The quantitative estimate of drug-likeness (QED) is 0.354. The number of hydrogen-bond donors (Lipinski definition) is 0. The predicted octanol–water partition coefficient (Wildman–Crippen LogP) is 3.10. The van der Waals surface area contributed by atoms with Crippen LogP contribution in [-0.4, -0.2) is 94.2 Å². The van der Waals surface area contributed by atoms with Crippen LogP contribution in [0.15, 0.2) is 88.7 Å². The van der Waals surface area contributed by atoms with Gasteiger partial charge >= 0.3 is 0 Å². The molecule has 220 valence electrons. The van der Waals surface area contributed by atoms with Crippen LogP contribution in [-0.2, 0) is 33.1 Å². The van der Waals surface area contributed by atoms with Crippen molar-refractivity contribution in [1.29, 1.82) is 0 Å². The summed E-state index contributed by atoms with van der Waals surface area (Å²) in [6.45, 7) is 7.26. The van der Waals surface area contributed by atoms with Crippen LogP contribution in [0.2, 0.25) is 0 Å². The first kappa shape index (κ1) is 29.7. The van der Waals surface area contributed by atoms with E-state index in [1.165, 1.54) is 37.9 Å². The summed E-state index contributed by atoms with van der Waals surface area (Å²) < 4.78 is 63.5. The van der Waals surface area contributed by atoms with Gasteiger partial charge in [-0.15, -0.1) is 0 Å². The molecular weight excluding hydrogens is 560 g/mol. The summed E-state index contributed by atoms with van der Waals surface area (Å²) in [4.78, 5) is 4.33. The van der Waals surface area contributed by atoms with E-state index in [9.17, 15) is 16.8 Å². The second-order valence-corrected chi connectivity index (χ2v) is 14.2. The number of nitrogens with zero attached hydrogens (tertiary/aromatic N) is 4. The molecule has 3 aromatic carbocycles. The van der Waals surface area contributed by atoms with Crippen molar-refractivity contribution < 1.29 is 21.6 Å². The molecular formula is C30H38N4O5S2. The summed E-state index contributed by atoms with van der Waals surface area (Å²) in [6, 6.07) is 24.4. The van der Waals surface area contributed by atoms with Crippen LogP contribution in [0.1, 0.15) is 18.1 Å². The highest BCUT2D eigenvalue weighted by molar-refractivity contribution is 7.90. The summed E-state index contributed by atoms with van der Waals surface area (Å²) in [5.41, 5.74) is 2.37. The molecule has 0 radical (unpaired) electrons. The smallest absolute Gasteiger partial charge is 0.246 e. The van der Waals surface area contributed by atoms with Gasteiger partial charge in [0.15, 0.2) is 0 Å². The SMILES string of the molecule is CCOc1ccc(S(=O)(=O)N2CCN(Cc3ccccc3)CC2)cc1S(=O)(=O)N1CCN(Cc2ccccc2)CC1. The Balaban J connectivity index is 1.29. The Kier molecular flexibility index (Phi) is 9.42. The first-order valence-electron chi connectivity index (χ1n) is 14.1. The van der Waals surface area contributed by atoms with E-state index in [4.69, 9.17) is 4.74 Å². The van der Waals surface area contributed by atoms with Crippen LogP contribution in [0.5, 0.6) is 5.75 Å². The van der Waals surface area contributed by atoms with Gasteiger partial charge in [-0.05, 0) is 36.2 Å². The Morgan fingerprint density at radius 2 is 1.07 bits per heavy atom. The zero-order valence-corrected chi connectivity index (χ0v) is 25.1. The Labute approximate surface area is 244 Å². The van der Waals surface area contributed by atoms with Crippen LogP contribution in [0, 0.1) is 0 Å². The fraction of sp³-hybridized carbons (Fsp3) is 0.400. The molecule has 2 aliphatic heterocycles. The topological polar surface area (TPSA) is 90.5 Å². The summed E-state index contributed by atoms with van der Waals surface area (Å²) >= 11 is 0. The minimum absolute atomic E-state index is 0.0289. The first-order chi connectivity index (χ1) is 19.8. The summed E-state index contributed by atoms with van der Waals surface area (Å²) in [7, 11) is -7.86. The van der Waals surface area contributed by atoms with Gasteiger partial charge in [0.1, 0.15) is 10.6 Å². The van der Waals surface area contributed by atoms with E-state index in [1.807, 2.05) is 36.4 Å². The molecule has 2 heterocycles. The van der Waals surface area contributed by atoms with Crippen LogP contribution >= 0.6 is 0 Å². The average Bonchev–Trinajstić information content (AvgIpc) is 2.99. The van der Waals surface area contributed by atoms with E-state index in [0.29, 0.717) is 52.4 Å². The lowest BCUT2D eigenvalue weighted by Gasteiger charge is -2.35. The first-order valence-corrected chi connectivity index (χ1v) is 16.9. The van der Waals surface area contributed by atoms with Crippen LogP contribution in [0.3, 0.4) is 0 Å². The highest BCUT2D eigenvalue weighted by Gasteiger charge is 2.34. The normalized spacial score (nSPS) is 18.4. The molecule has 3 aromatic rings. The molecule has 11 heteroatoms. The second kappa shape index (κ2) is 13.0. The predicted molar refractivity (Wildman–Crippen MR) is 159 cm³/mol. The minimum atomic E-state index is -3.98. The third-order valence-corrected chi connectivity index (χ3v) is 11.4. The minimum Gasteiger partial charge on any atom is -0.492 e. The molecule has 5 rings (SSSR count). The maximum atomic E-state index is 13.8. The molecule has 0 bridgehead atoms. The number of benzene rings is 3. The molecule has 0 N–H and O–H groups in total. The largest absolute Gasteiger partial charge is 0.492 e. The Morgan fingerprint density at radius 1 is 0.610 bits per heavy atom. The van der Waals surface area contributed by atoms with Gasteiger partial charge in [-0.1, -0.05) is 60.7 Å². The zero-order chi connectivity index (χ0) is 28.9. The van der Waals surface area contributed by atoms with Crippen LogP contribution in [0.4, 0.5) is 0 Å². The number of sulfonamides is 2. The fourth-order valence-electron chi connectivity index (χ4n) is 5.35. The standard InChI is InChI=1S/C30H38N4O5S2/c1-2-39-29-14-13-28(40(35,36)33-19-15-31(16-20-33)24-26-9-5-3-6-10-26)23-30(29)41(37,38)34-21-17-32(18-22-34)25-27-11-7-4-8-12-27/h3-14,23H,2,15-22,24-25H2,1H3. The maximum absolute atomic E-state index is 13.8. The van der Waals surface area contributed by atoms with E-state index < -0.39 is 20.0 Å². The Morgan fingerprint density at radius 3 is 1.54 bits per heavy atom. The van der Waals surface area contributed by atoms with E-state index in [1.54, 1.807) is 6.92 Å². The number of piperazine rings is 2. The van der Waals surface area contributed by atoms with Gasteiger partial charge in [0.2, 0.25) is 20.0 Å². The average molecular weight is 599 g/mol. The van der Waals surface area contributed by atoms with Crippen molar-refractivity contribution in [3.8, 4) is 5.75 Å². The van der Waals surface area contributed by atoms with Crippen molar-refractivity contribution in [3.63, 3.8) is 0 Å². The fourth-order valence-corrected chi connectivity index (χ4v) is 8.46. The van der Waals surface area contributed by atoms with Crippen molar-refractivity contribution in [2.24, 2.45) is 0 Å². The van der Waals surface area contributed by atoms with E-state index in [2.05, 4.69) is 34.1 Å².